The Balaban J connectivity index is 2.15. The van der Waals surface area contributed by atoms with Crippen molar-refractivity contribution in [3.05, 3.63) is 47.9 Å². The van der Waals surface area contributed by atoms with E-state index in [1.165, 1.54) is 11.0 Å². The number of ether oxygens (including phenoxy) is 2. The summed E-state index contributed by atoms with van der Waals surface area (Å²) in [6.45, 7) is 2.01. The molecule has 7 nitrogen and oxygen atoms in total. The maximum Gasteiger partial charge on any atom is 0.341 e. The zero-order valence-electron chi connectivity index (χ0n) is 13.5. The van der Waals surface area contributed by atoms with Gasteiger partial charge in [0, 0.05) is 12.6 Å². The summed E-state index contributed by atoms with van der Waals surface area (Å²) in [6, 6.07) is 8.19. The fourth-order valence-electron chi connectivity index (χ4n) is 2.10. The number of benzene rings is 1. The summed E-state index contributed by atoms with van der Waals surface area (Å²) >= 11 is 0. The second kappa shape index (κ2) is 8.05. The first-order valence-corrected chi connectivity index (χ1v) is 7.40. The van der Waals surface area contributed by atoms with E-state index in [4.69, 9.17) is 19.0 Å². The maximum atomic E-state index is 12.5. The molecule has 1 amide bonds. The lowest BCUT2D eigenvalue weighted by atomic mass is 10.1. The second-order valence-electron chi connectivity index (χ2n) is 5.02. The third kappa shape index (κ3) is 4.52. The predicted molar refractivity (Wildman–Crippen MR) is 85.2 cm³/mol. The number of aliphatic carboxylic acids is 1. The molecule has 2 rings (SSSR count). The minimum Gasteiger partial charge on any atom is -0.490 e. The highest BCUT2D eigenvalue weighted by atomic mass is 16.5. The summed E-state index contributed by atoms with van der Waals surface area (Å²) in [5.41, 5.74) is 0.412. The first-order chi connectivity index (χ1) is 11.5. The quantitative estimate of drug-likeness (QED) is 0.798. The number of rotatable bonds is 8. The van der Waals surface area contributed by atoms with Gasteiger partial charge in [-0.1, -0.05) is 0 Å². The van der Waals surface area contributed by atoms with Gasteiger partial charge in [0.2, 0.25) is 0 Å². The summed E-state index contributed by atoms with van der Waals surface area (Å²) in [5, 5.41) is 8.70. The highest BCUT2D eigenvalue weighted by molar-refractivity contribution is 5.94. The average Bonchev–Trinajstić information content (AvgIpc) is 3.06. The van der Waals surface area contributed by atoms with Crippen molar-refractivity contribution in [3.8, 4) is 11.5 Å². The normalized spacial score (nSPS) is 10.2. The number of furan rings is 1. The lowest BCUT2D eigenvalue weighted by molar-refractivity contribution is -0.139. The Morgan fingerprint density at radius 3 is 2.62 bits per heavy atom. The number of carboxylic acids is 1. The molecule has 1 N–H and O–H groups in total. The van der Waals surface area contributed by atoms with Crippen molar-refractivity contribution < 1.29 is 28.6 Å². The minimum absolute atomic E-state index is 0.211. The molecule has 24 heavy (non-hydrogen) atoms. The highest BCUT2D eigenvalue weighted by Crippen LogP contribution is 2.29. The van der Waals surface area contributed by atoms with Crippen LogP contribution in [0.15, 0.2) is 41.0 Å². The monoisotopic (exact) mass is 333 g/mol. The van der Waals surface area contributed by atoms with Crippen LogP contribution in [0.4, 0.5) is 0 Å². The van der Waals surface area contributed by atoms with E-state index < -0.39 is 12.6 Å². The zero-order chi connectivity index (χ0) is 17.5. The molecule has 0 bridgehead atoms. The molecule has 0 aliphatic heterocycles. The van der Waals surface area contributed by atoms with Crippen LogP contribution in [-0.4, -0.2) is 42.1 Å². The Morgan fingerprint density at radius 2 is 2.00 bits per heavy atom. The molecule has 1 aromatic heterocycles. The Hall–Kier alpha value is -2.96. The second-order valence-corrected chi connectivity index (χ2v) is 5.02. The Kier molecular flexibility index (Phi) is 5.83. The molecule has 1 aromatic carbocycles. The van der Waals surface area contributed by atoms with E-state index in [9.17, 15) is 9.59 Å². The fourth-order valence-corrected chi connectivity index (χ4v) is 2.10. The van der Waals surface area contributed by atoms with Gasteiger partial charge in [0.15, 0.2) is 18.1 Å². The zero-order valence-corrected chi connectivity index (χ0v) is 13.5. The molecule has 128 valence electrons. The van der Waals surface area contributed by atoms with Crippen molar-refractivity contribution in [1.29, 1.82) is 0 Å². The van der Waals surface area contributed by atoms with Crippen LogP contribution >= 0.6 is 0 Å². The number of carbonyl (C=O) groups is 2. The molecule has 0 aliphatic rings. The summed E-state index contributed by atoms with van der Waals surface area (Å²) < 4.78 is 15.8. The number of amides is 1. The van der Waals surface area contributed by atoms with Crippen molar-refractivity contribution >= 4 is 11.9 Å². The number of hydrogen-bond donors (Lipinski definition) is 1. The Labute approximate surface area is 139 Å². The maximum absolute atomic E-state index is 12.5. The van der Waals surface area contributed by atoms with Crippen LogP contribution < -0.4 is 9.47 Å². The van der Waals surface area contributed by atoms with Gasteiger partial charge in [-0.3, -0.25) is 4.79 Å². The lowest BCUT2D eigenvalue weighted by Crippen LogP contribution is -2.26. The minimum atomic E-state index is -1.09. The number of hydrogen-bond acceptors (Lipinski definition) is 5. The molecule has 2 aromatic rings. The van der Waals surface area contributed by atoms with Crippen LogP contribution in [0.2, 0.25) is 0 Å². The van der Waals surface area contributed by atoms with Crippen LogP contribution in [0.1, 0.15) is 23.0 Å². The van der Waals surface area contributed by atoms with E-state index in [2.05, 4.69) is 0 Å². The number of nitrogens with zero attached hydrogens (tertiary/aromatic N) is 1. The van der Waals surface area contributed by atoms with Crippen molar-refractivity contribution in [3.63, 3.8) is 0 Å². The van der Waals surface area contributed by atoms with Crippen molar-refractivity contribution in [2.75, 3.05) is 20.3 Å². The molecule has 7 heteroatoms. The SMILES string of the molecule is CCOc1cc(C(=O)N(C)Cc2ccco2)ccc1OCC(=O)O. The van der Waals surface area contributed by atoms with Gasteiger partial charge in [-0.05, 0) is 37.3 Å². The van der Waals surface area contributed by atoms with Gasteiger partial charge in [0.25, 0.3) is 5.91 Å². The molecule has 1 heterocycles. The third-order valence-electron chi connectivity index (χ3n) is 3.16. The van der Waals surface area contributed by atoms with Crippen LogP contribution in [0.5, 0.6) is 11.5 Å². The van der Waals surface area contributed by atoms with Gasteiger partial charge in [-0.2, -0.15) is 0 Å². The van der Waals surface area contributed by atoms with E-state index in [0.29, 0.717) is 30.2 Å². The van der Waals surface area contributed by atoms with Gasteiger partial charge in [0.05, 0.1) is 19.4 Å². The Bertz CT molecular complexity index is 695. The molecule has 0 unspecified atom stereocenters. The average molecular weight is 333 g/mol. The first-order valence-electron chi connectivity index (χ1n) is 7.40. The van der Waals surface area contributed by atoms with Gasteiger partial charge >= 0.3 is 5.97 Å². The summed E-state index contributed by atoms with van der Waals surface area (Å²) in [5.74, 6) is -0.00861. The topological polar surface area (TPSA) is 89.2 Å². The van der Waals surface area contributed by atoms with Crippen molar-refractivity contribution in [2.45, 2.75) is 13.5 Å². The molecule has 0 aliphatic carbocycles. The lowest BCUT2D eigenvalue weighted by Gasteiger charge is -2.17. The van der Waals surface area contributed by atoms with E-state index in [0.717, 1.165) is 0 Å². The van der Waals surface area contributed by atoms with Crippen molar-refractivity contribution in [1.82, 2.24) is 4.90 Å². The van der Waals surface area contributed by atoms with Crippen LogP contribution in [0, 0.1) is 0 Å². The van der Waals surface area contributed by atoms with Crippen LogP contribution in [0.3, 0.4) is 0 Å². The number of carbonyl (C=O) groups excluding carboxylic acids is 1. The van der Waals surface area contributed by atoms with Gasteiger partial charge in [-0.15, -0.1) is 0 Å². The van der Waals surface area contributed by atoms with Gasteiger partial charge < -0.3 is 23.9 Å². The van der Waals surface area contributed by atoms with E-state index in [1.54, 1.807) is 44.5 Å². The largest absolute Gasteiger partial charge is 0.490 e. The van der Waals surface area contributed by atoms with Gasteiger partial charge in [0.1, 0.15) is 5.76 Å². The summed E-state index contributed by atoms with van der Waals surface area (Å²) in [7, 11) is 1.67. The van der Waals surface area contributed by atoms with Gasteiger partial charge in [-0.25, -0.2) is 4.79 Å². The van der Waals surface area contributed by atoms with Crippen LogP contribution in [-0.2, 0) is 11.3 Å². The molecule has 0 radical (unpaired) electrons. The molecular formula is C17H19NO6. The van der Waals surface area contributed by atoms with E-state index in [-0.39, 0.29) is 11.7 Å². The molecule has 0 saturated carbocycles. The standard InChI is InChI=1S/C17H19NO6/c1-3-22-15-9-12(6-7-14(15)24-11-16(19)20)17(21)18(2)10-13-5-4-8-23-13/h4-9H,3,10-11H2,1-2H3,(H,19,20). The number of carboxylic acid groups (broad SMARTS) is 1. The highest BCUT2D eigenvalue weighted by Gasteiger charge is 2.16. The molecule has 0 atom stereocenters. The molecule has 0 saturated heterocycles. The third-order valence-corrected chi connectivity index (χ3v) is 3.16. The summed E-state index contributed by atoms with van der Waals surface area (Å²) in [6.07, 6.45) is 1.55. The van der Waals surface area contributed by atoms with E-state index >= 15 is 0 Å². The first kappa shape index (κ1) is 17.4. The van der Waals surface area contributed by atoms with E-state index in [1.807, 2.05) is 0 Å². The van der Waals surface area contributed by atoms with Crippen molar-refractivity contribution in [2.24, 2.45) is 0 Å². The predicted octanol–water partition coefficient (Wildman–Crippen LogP) is 2.41. The molecule has 0 fully saturated rings. The molecule has 0 spiro atoms. The van der Waals surface area contributed by atoms with Crippen LogP contribution in [0.25, 0.3) is 0 Å². The fraction of sp³-hybridized carbons (Fsp3) is 0.294. The Morgan fingerprint density at radius 1 is 1.21 bits per heavy atom. The summed E-state index contributed by atoms with van der Waals surface area (Å²) in [4.78, 5) is 24.6. The molecular weight excluding hydrogens is 314 g/mol. The smallest absolute Gasteiger partial charge is 0.341 e.